The Morgan fingerprint density at radius 2 is 1.02 bits per heavy atom. The Bertz CT molecular complexity index is 1250. The van der Waals surface area contributed by atoms with Crippen LogP contribution in [0.15, 0.2) is 9.98 Å². The normalized spacial score (nSPS) is 15.0. The van der Waals surface area contributed by atoms with Crippen molar-refractivity contribution in [2.45, 2.75) is 110 Å². The van der Waals surface area contributed by atoms with Gasteiger partial charge >= 0.3 is 5.97 Å². The van der Waals surface area contributed by atoms with Crippen molar-refractivity contribution in [3.05, 3.63) is 0 Å². The molecule has 0 aromatic rings. The van der Waals surface area contributed by atoms with Crippen molar-refractivity contribution in [3.8, 4) is 0 Å². The maximum absolute atomic E-state index is 13.3. The van der Waals surface area contributed by atoms with E-state index in [1.165, 1.54) is 27.7 Å². The van der Waals surface area contributed by atoms with Gasteiger partial charge in [-0.1, -0.05) is 13.8 Å². The minimum absolute atomic E-state index is 0.0152. The average Bonchev–Trinajstić information content (AvgIpc) is 2.99. The molecule has 0 aliphatic carbocycles. The van der Waals surface area contributed by atoms with Crippen molar-refractivity contribution >= 4 is 53.3 Å². The van der Waals surface area contributed by atoms with Gasteiger partial charge in [0.1, 0.15) is 36.3 Å². The number of aliphatic imine (C=N–C) groups is 2. The number of nitrogens with one attached hydrogen (secondary N) is 6. The fourth-order valence-electron chi connectivity index (χ4n) is 4.27. The van der Waals surface area contributed by atoms with Gasteiger partial charge < -0.3 is 65.0 Å². The Morgan fingerprint density at radius 1 is 0.600 bits per heavy atom. The second kappa shape index (κ2) is 22.4. The largest absolute Gasteiger partial charge is 0.480 e. The predicted molar refractivity (Wildman–Crippen MR) is 183 cm³/mol. The van der Waals surface area contributed by atoms with E-state index in [-0.39, 0.29) is 44.3 Å². The Hall–Kier alpha value is -5.21. The molecule has 0 fully saturated rings. The summed E-state index contributed by atoms with van der Waals surface area (Å²) < 4.78 is 0. The number of carboxylic acid groups (broad SMARTS) is 1. The highest BCUT2D eigenvalue weighted by molar-refractivity contribution is 5.96. The topological polar surface area (TPSA) is 361 Å². The van der Waals surface area contributed by atoms with Crippen LogP contribution < -0.4 is 54.8 Å². The molecule has 0 rings (SSSR count). The lowest BCUT2D eigenvalue weighted by atomic mass is 10.0. The zero-order chi connectivity index (χ0) is 38.7. The van der Waals surface area contributed by atoms with Crippen LogP contribution in [0.5, 0.6) is 0 Å². The Kier molecular flexibility index (Phi) is 20.1. The number of carboxylic acids is 1. The highest BCUT2D eigenvalue weighted by atomic mass is 16.4. The van der Waals surface area contributed by atoms with Crippen LogP contribution in [-0.2, 0) is 33.6 Å². The van der Waals surface area contributed by atoms with Gasteiger partial charge in [0.25, 0.3) is 0 Å². The molecule has 0 heterocycles. The predicted octanol–water partition coefficient (Wildman–Crippen LogP) is -4.82. The van der Waals surface area contributed by atoms with Crippen LogP contribution in [0.25, 0.3) is 0 Å². The summed E-state index contributed by atoms with van der Waals surface area (Å²) >= 11 is 0. The summed E-state index contributed by atoms with van der Waals surface area (Å²) in [7, 11) is 0. The molecule has 7 atom stereocenters. The quantitative estimate of drug-likeness (QED) is 0.0285. The van der Waals surface area contributed by atoms with Gasteiger partial charge in [0.15, 0.2) is 11.9 Å². The van der Waals surface area contributed by atoms with Crippen molar-refractivity contribution in [1.82, 2.24) is 31.9 Å². The van der Waals surface area contributed by atoms with Gasteiger partial charge in [-0.2, -0.15) is 0 Å². The van der Waals surface area contributed by atoms with Gasteiger partial charge in [0.2, 0.25) is 35.4 Å². The summed E-state index contributed by atoms with van der Waals surface area (Å²) in [6, 6.07) is -7.62. The highest BCUT2D eigenvalue weighted by Gasteiger charge is 2.34. The molecule has 284 valence electrons. The lowest BCUT2D eigenvalue weighted by Crippen LogP contribution is -2.61. The SMILES string of the molecule is CC(C)[C@H](NC(=O)[C@@H](NC(=O)[C@H](C)NC(=O)[C@H](CCCN=C(N)N)NC(=O)[C@H](CCCN=C(N)N)NC([14CH3])=O)C(C)O)C(=O)N[C@@H](C)C(=O)O. The second-order valence-electron chi connectivity index (χ2n) is 12.0. The standard InChI is InChI=1S/C29H54N12O9/c1-13(2)20(25(47)37-15(4)27(49)50)40-26(48)21(16(5)42)41-22(44)14(3)36-23(45)19(10-8-12-35-29(32)33)39-24(46)18(38-17(6)43)9-7-11-34-28(30)31/h13-16,18-21,42H,7-12H2,1-6H3,(H,36,45)(H,37,47)(H,38,43)(H,39,46)(H,40,48)(H,41,44)(H,49,50)(H4,30,31,34)(H4,32,33,35)/t14-,15-,16?,18-,19-,20-,21-/m0/s1/i6+2. The molecule has 0 aliphatic rings. The molecular weight excluding hydrogens is 662 g/mol. The third-order valence-corrected chi connectivity index (χ3v) is 7.01. The number of hydrogen-bond acceptors (Lipinski definition) is 10. The monoisotopic (exact) mass is 716 g/mol. The lowest BCUT2D eigenvalue weighted by Gasteiger charge is -2.28. The van der Waals surface area contributed by atoms with Crippen molar-refractivity contribution in [3.63, 3.8) is 0 Å². The number of carbonyl (C=O) groups is 7. The van der Waals surface area contributed by atoms with Crippen molar-refractivity contribution < 1.29 is 43.8 Å². The molecule has 0 saturated heterocycles. The third-order valence-electron chi connectivity index (χ3n) is 7.01. The van der Waals surface area contributed by atoms with Gasteiger partial charge in [-0.3, -0.25) is 43.5 Å². The van der Waals surface area contributed by atoms with E-state index < -0.39 is 89.7 Å². The summed E-state index contributed by atoms with van der Waals surface area (Å²) in [6.07, 6.45) is -0.773. The number of amides is 6. The number of aliphatic carboxylic acids is 1. The molecule has 1 unspecified atom stereocenters. The first-order valence-corrected chi connectivity index (χ1v) is 16.0. The highest BCUT2D eigenvalue weighted by Crippen LogP contribution is 2.07. The summed E-state index contributed by atoms with van der Waals surface area (Å²) in [6.45, 7) is 8.46. The van der Waals surface area contributed by atoms with E-state index in [1.54, 1.807) is 13.8 Å². The van der Waals surface area contributed by atoms with Gasteiger partial charge in [-0.25, -0.2) is 0 Å². The first-order valence-electron chi connectivity index (χ1n) is 16.0. The van der Waals surface area contributed by atoms with E-state index in [4.69, 9.17) is 28.0 Å². The molecule has 16 N–H and O–H groups in total. The Morgan fingerprint density at radius 3 is 1.44 bits per heavy atom. The van der Waals surface area contributed by atoms with Gasteiger partial charge in [-0.15, -0.1) is 0 Å². The Balaban J connectivity index is 5.83. The van der Waals surface area contributed by atoms with E-state index in [1.807, 2.05) is 0 Å². The number of hydrogen-bond donors (Lipinski definition) is 12. The molecule has 0 aromatic heterocycles. The molecular formula is C29H54N12O9. The fourth-order valence-corrected chi connectivity index (χ4v) is 4.27. The maximum atomic E-state index is 13.3. The number of nitrogens with zero attached hydrogens (tertiary/aromatic N) is 2. The Labute approximate surface area is 290 Å². The minimum atomic E-state index is -1.58. The summed E-state index contributed by atoms with van der Waals surface area (Å²) in [5.41, 5.74) is 21.4. The van der Waals surface area contributed by atoms with E-state index in [0.29, 0.717) is 6.42 Å². The van der Waals surface area contributed by atoms with Crippen LogP contribution in [0, 0.1) is 5.92 Å². The summed E-state index contributed by atoms with van der Waals surface area (Å²) in [5, 5.41) is 34.0. The number of nitrogens with two attached hydrogens (primary N) is 4. The van der Waals surface area contributed by atoms with Crippen LogP contribution in [0.3, 0.4) is 0 Å². The van der Waals surface area contributed by atoms with Gasteiger partial charge in [0, 0.05) is 20.0 Å². The van der Waals surface area contributed by atoms with E-state index in [9.17, 15) is 38.7 Å². The molecule has 21 heteroatoms. The number of guanidine groups is 2. The minimum Gasteiger partial charge on any atom is -0.480 e. The van der Waals surface area contributed by atoms with E-state index in [0.717, 1.165) is 0 Å². The number of aliphatic hydroxyl groups excluding tert-OH is 1. The summed E-state index contributed by atoms with van der Waals surface area (Å²) in [5.74, 6) is -6.75. The van der Waals surface area contributed by atoms with Crippen LogP contribution in [0.1, 0.15) is 67.2 Å². The lowest BCUT2D eigenvalue weighted by molar-refractivity contribution is -0.142. The van der Waals surface area contributed by atoms with Crippen molar-refractivity contribution in [2.24, 2.45) is 38.8 Å². The zero-order valence-electron chi connectivity index (χ0n) is 29.3. The van der Waals surface area contributed by atoms with Crippen molar-refractivity contribution in [2.75, 3.05) is 13.1 Å². The molecule has 0 bridgehead atoms. The molecule has 6 amide bonds. The van der Waals surface area contributed by atoms with E-state index in [2.05, 4.69) is 41.9 Å². The molecule has 0 spiro atoms. The van der Waals surface area contributed by atoms with Crippen LogP contribution >= 0.6 is 0 Å². The number of rotatable bonds is 22. The molecule has 50 heavy (non-hydrogen) atoms. The first kappa shape index (κ1) is 44.8. The molecule has 0 aliphatic heterocycles. The zero-order valence-corrected chi connectivity index (χ0v) is 29.3. The number of carbonyl (C=O) groups excluding carboxylic acids is 6. The summed E-state index contributed by atoms with van der Waals surface area (Å²) in [4.78, 5) is 96.0. The van der Waals surface area contributed by atoms with Crippen LogP contribution in [0.2, 0.25) is 0 Å². The first-order chi connectivity index (χ1) is 23.2. The third kappa shape index (κ3) is 17.8. The smallest absolute Gasteiger partial charge is 0.325 e. The van der Waals surface area contributed by atoms with Gasteiger partial charge in [-0.05, 0) is 52.4 Å². The molecule has 0 saturated carbocycles. The molecule has 21 nitrogen and oxygen atoms in total. The van der Waals surface area contributed by atoms with Gasteiger partial charge in [0.05, 0.1) is 6.10 Å². The maximum Gasteiger partial charge on any atom is 0.325 e. The van der Waals surface area contributed by atoms with Crippen molar-refractivity contribution in [1.29, 1.82) is 0 Å². The average molecular weight is 717 g/mol. The molecule has 0 aromatic carbocycles. The van der Waals surface area contributed by atoms with E-state index >= 15 is 0 Å². The number of aliphatic hydroxyl groups is 1. The fraction of sp³-hybridized carbons (Fsp3) is 0.690. The second-order valence-corrected chi connectivity index (χ2v) is 12.0. The molecule has 0 radical (unpaired) electrons. The van der Waals surface area contributed by atoms with Crippen LogP contribution in [-0.4, -0.2) is 119 Å². The van der Waals surface area contributed by atoms with Crippen LogP contribution in [0.4, 0.5) is 0 Å².